The number of hydrogen-bond donors (Lipinski definition) is 0. The second-order valence-corrected chi connectivity index (χ2v) is 6.02. The first-order valence-corrected chi connectivity index (χ1v) is 9.01. The zero-order valence-electron chi connectivity index (χ0n) is 14.9. The van der Waals surface area contributed by atoms with Crippen LogP contribution in [0.2, 0.25) is 0 Å². The van der Waals surface area contributed by atoms with E-state index < -0.39 is 0 Å². The number of hydrogen-bond acceptors (Lipinski definition) is 3. The van der Waals surface area contributed by atoms with Crippen molar-refractivity contribution in [3.05, 3.63) is 0 Å². The Morgan fingerprint density at radius 3 is 1.90 bits per heavy atom. The summed E-state index contributed by atoms with van der Waals surface area (Å²) in [6.07, 6.45) is 10.7. The molecule has 3 nitrogen and oxygen atoms in total. The van der Waals surface area contributed by atoms with E-state index in [-0.39, 0.29) is 12.2 Å². The predicted octanol–water partition coefficient (Wildman–Crippen LogP) is 4.97. The lowest BCUT2D eigenvalue weighted by atomic mass is 10.1. The zero-order valence-corrected chi connectivity index (χ0v) is 14.9. The highest BCUT2D eigenvalue weighted by Gasteiger charge is 2.07. The zero-order chi connectivity index (χ0) is 15.8. The van der Waals surface area contributed by atoms with Crippen molar-refractivity contribution >= 4 is 0 Å². The van der Waals surface area contributed by atoms with Gasteiger partial charge in [0.15, 0.2) is 0 Å². The third-order valence-electron chi connectivity index (χ3n) is 3.47. The van der Waals surface area contributed by atoms with Crippen LogP contribution in [0.25, 0.3) is 0 Å². The first-order chi connectivity index (χ1) is 10.2. The van der Waals surface area contributed by atoms with Gasteiger partial charge in [-0.25, -0.2) is 0 Å². The Bertz CT molecular complexity index is 197. The molecule has 128 valence electrons. The average Bonchev–Trinajstić information content (AvgIpc) is 2.48. The molecule has 2 unspecified atom stereocenters. The Kier molecular flexibility index (Phi) is 16.2. The van der Waals surface area contributed by atoms with Gasteiger partial charge in [-0.05, 0) is 26.7 Å². The molecule has 0 aliphatic rings. The van der Waals surface area contributed by atoms with Crippen molar-refractivity contribution in [1.82, 2.24) is 0 Å². The van der Waals surface area contributed by atoms with E-state index >= 15 is 0 Å². The van der Waals surface area contributed by atoms with E-state index in [1.165, 1.54) is 44.9 Å². The fourth-order valence-electron chi connectivity index (χ4n) is 2.13. The van der Waals surface area contributed by atoms with Gasteiger partial charge in [0.25, 0.3) is 0 Å². The van der Waals surface area contributed by atoms with Crippen LogP contribution >= 0.6 is 0 Å². The highest BCUT2D eigenvalue weighted by Crippen LogP contribution is 2.07. The summed E-state index contributed by atoms with van der Waals surface area (Å²) in [5, 5.41) is 0. The van der Waals surface area contributed by atoms with E-state index in [9.17, 15) is 0 Å². The first-order valence-electron chi connectivity index (χ1n) is 9.01. The van der Waals surface area contributed by atoms with E-state index in [1.54, 1.807) is 0 Å². The first kappa shape index (κ1) is 20.9. The second kappa shape index (κ2) is 16.3. The van der Waals surface area contributed by atoms with Gasteiger partial charge in [0, 0.05) is 13.2 Å². The molecular formula is C18H38O3. The molecular weight excluding hydrogens is 264 g/mol. The maximum Gasteiger partial charge on any atom is 0.0781 e. The molecule has 0 aromatic carbocycles. The van der Waals surface area contributed by atoms with E-state index in [4.69, 9.17) is 14.2 Å². The minimum atomic E-state index is 0.154. The van der Waals surface area contributed by atoms with Crippen LogP contribution in [0, 0.1) is 0 Å². The quantitative estimate of drug-likeness (QED) is 0.377. The number of rotatable bonds is 16. The van der Waals surface area contributed by atoms with Crippen molar-refractivity contribution in [3.8, 4) is 0 Å². The molecule has 0 bridgehead atoms. The molecule has 0 saturated heterocycles. The molecule has 0 heterocycles. The normalized spacial score (nSPS) is 14.3. The number of unbranched alkanes of at least 4 members (excludes halogenated alkanes) is 6. The van der Waals surface area contributed by atoms with Gasteiger partial charge in [-0.1, -0.05) is 52.4 Å². The summed E-state index contributed by atoms with van der Waals surface area (Å²) >= 11 is 0. The highest BCUT2D eigenvalue weighted by molar-refractivity contribution is 4.53. The van der Waals surface area contributed by atoms with Crippen molar-refractivity contribution in [2.45, 2.75) is 91.3 Å². The third kappa shape index (κ3) is 16.1. The SMILES string of the molecule is CCCCCCCCCOC(C)COC(C)COCCC. The van der Waals surface area contributed by atoms with Crippen LogP contribution in [0.15, 0.2) is 0 Å². The molecule has 3 heteroatoms. The Morgan fingerprint density at radius 2 is 1.24 bits per heavy atom. The molecule has 0 rings (SSSR count). The Hall–Kier alpha value is -0.120. The smallest absolute Gasteiger partial charge is 0.0781 e. The summed E-state index contributed by atoms with van der Waals surface area (Å²) in [6, 6.07) is 0. The Morgan fingerprint density at radius 1 is 0.619 bits per heavy atom. The van der Waals surface area contributed by atoms with Crippen LogP contribution in [0.5, 0.6) is 0 Å². The van der Waals surface area contributed by atoms with Crippen LogP contribution in [0.1, 0.15) is 79.1 Å². The highest BCUT2D eigenvalue weighted by atomic mass is 16.6. The molecule has 0 aromatic rings. The van der Waals surface area contributed by atoms with Crippen molar-refractivity contribution in [2.75, 3.05) is 26.4 Å². The number of ether oxygens (including phenoxy) is 3. The van der Waals surface area contributed by atoms with E-state index in [1.807, 2.05) is 0 Å². The maximum absolute atomic E-state index is 5.78. The summed E-state index contributed by atoms with van der Waals surface area (Å²) < 4.78 is 17.0. The molecule has 0 aliphatic carbocycles. The van der Waals surface area contributed by atoms with E-state index in [0.717, 1.165) is 19.6 Å². The molecule has 2 atom stereocenters. The third-order valence-corrected chi connectivity index (χ3v) is 3.47. The largest absolute Gasteiger partial charge is 0.379 e. The minimum Gasteiger partial charge on any atom is -0.379 e. The van der Waals surface area contributed by atoms with E-state index in [2.05, 4.69) is 27.7 Å². The molecule has 0 radical (unpaired) electrons. The van der Waals surface area contributed by atoms with Crippen LogP contribution in [0.4, 0.5) is 0 Å². The molecule has 0 fully saturated rings. The molecule has 0 amide bonds. The minimum absolute atomic E-state index is 0.154. The lowest BCUT2D eigenvalue weighted by Crippen LogP contribution is -2.23. The molecule has 0 N–H and O–H groups in total. The van der Waals surface area contributed by atoms with Gasteiger partial charge in [-0.3, -0.25) is 0 Å². The van der Waals surface area contributed by atoms with Gasteiger partial charge in [0.2, 0.25) is 0 Å². The molecule has 0 saturated carbocycles. The van der Waals surface area contributed by atoms with Crippen LogP contribution in [0.3, 0.4) is 0 Å². The van der Waals surface area contributed by atoms with Crippen molar-refractivity contribution in [2.24, 2.45) is 0 Å². The van der Waals surface area contributed by atoms with Gasteiger partial charge in [0.05, 0.1) is 25.4 Å². The summed E-state index contributed by atoms with van der Waals surface area (Å²) in [5.41, 5.74) is 0. The Balaban J connectivity index is 3.28. The fraction of sp³-hybridized carbons (Fsp3) is 1.00. The maximum atomic E-state index is 5.78. The topological polar surface area (TPSA) is 27.7 Å². The standard InChI is InChI=1S/C18H38O3/c1-5-7-8-9-10-11-12-14-20-18(4)16-21-17(3)15-19-13-6-2/h17-18H,5-16H2,1-4H3. The van der Waals surface area contributed by atoms with Gasteiger partial charge >= 0.3 is 0 Å². The van der Waals surface area contributed by atoms with Crippen LogP contribution < -0.4 is 0 Å². The van der Waals surface area contributed by atoms with Crippen LogP contribution in [-0.4, -0.2) is 38.6 Å². The predicted molar refractivity (Wildman–Crippen MR) is 89.9 cm³/mol. The summed E-state index contributed by atoms with van der Waals surface area (Å²) in [6.45, 7) is 11.5. The molecule has 21 heavy (non-hydrogen) atoms. The summed E-state index contributed by atoms with van der Waals surface area (Å²) in [5.74, 6) is 0. The fourth-order valence-corrected chi connectivity index (χ4v) is 2.13. The van der Waals surface area contributed by atoms with Crippen LogP contribution in [-0.2, 0) is 14.2 Å². The van der Waals surface area contributed by atoms with Crippen molar-refractivity contribution < 1.29 is 14.2 Å². The van der Waals surface area contributed by atoms with Gasteiger partial charge in [0.1, 0.15) is 0 Å². The van der Waals surface area contributed by atoms with Crippen molar-refractivity contribution in [1.29, 1.82) is 0 Å². The lowest BCUT2D eigenvalue weighted by molar-refractivity contribution is -0.0573. The van der Waals surface area contributed by atoms with Gasteiger partial charge < -0.3 is 14.2 Å². The van der Waals surface area contributed by atoms with Gasteiger partial charge in [-0.15, -0.1) is 0 Å². The molecule has 0 aromatic heterocycles. The van der Waals surface area contributed by atoms with Crippen molar-refractivity contribution in [3.63, 3.8) is 0 Å². The molecule has 0 spiro atoms. The summed E-state index contributed by atoms with van der Waals surface area (Å²) in [4.78, 5) is 0. The molecule has 0 aliphatic heterocycles. The van der Waals surface area contributed by atoms with Gasteiger partial charge in [-0.2, -0.15) is 0 Å². The summed E-state index contributed by atoms with van der Waals surface area (Å²) in [7, 11) is 0. The monoisotopic (exact) mass is 302 g/mol. The second-order valence-electron chi connectivity index (χ2n) is 6.02. The van der Waals surface area contributed by atoms with E-state index in [0.29, 0.717) is 13.2 Å². The lowest BCUT2D eigenvalue weighted by Gasteiger charge is -2.17. The Labute approximate surface area is 132 Å². The average molecular weight is 302 g/mol.